The van der Waals surface area contributed by atoms with E-state index in [1.54, 1.807) is 7.05 Å². The fraction of sp³-hybridized carbons (Fsp3) is 0.389. The minimum Gasteiger partial charge on any atom is -0.343 e. The lowest BCUT2D eigenvalue weighted by atomic mass is 10.2. The van der Waals surface area contributed by atoms with E-state index in [1.807, 2.05) is 28.8 Å². The molecule has 9 heteroatoms. The highest BCUT2D eigenvalue weighted by Gasteiger charge is 2.25. The van der Waals surface area contributed by atoms with Crippen LogP contribution in [0, 0.1) is 0 Å². The summed E-state index contributed by atoms with van der Waals surface area (Å²) in [5.41, 5.74) is 0.999. The van der Waals surface area contributed by atoms with E-state index in [0.717, 1.165) is 36.3 Å². The summed E-state index contributed by atoms with van der Waals surface area (Å²) in [6.07, 6.45) is 0. The first-order valence-electron chi connectivity index (χ1n) is 8.95. The van der Waals surface area contributed by atoms with Crippen molar-refractivity contribution in [2.24, 2.45) is 14.1 Å². The number of halogens is 1. The van der Waals surface area contributed by atoms with Gasteiger partial charge in [0.1, 0.15) is 0 Å². The number of nitrogens with two attached hydrogens (primary N) is 1. The molecule has 1 aliphatic rings. The van der Waals surface area contributed by atoms with Gasteiger partial charge < -0.3 is 10.2 Å². The molecule has 3 aromatic rings. The minimum absolute atomic E-state index is 0.345. The summed E-state index contributed by atoms with van der Waals surface area (Å²) in [6.45, 7) is 4.01. The molecule has 2 aromatic heterocycles. The Bertz CT molecular complexity index is 1120. The van der Waals surface area contributed by atoms with Gasteiger partial charge >= 0.3 is 5.69 Å². The van der Waals surface area contributed by atoms with Gasteiger partial charge in [0.05, 0.1) is 32.7 Å². The number of quaternary nitrogens is 1. The molecule has 3 heterocycles. The van der Waals surface area contributed by atoms with Crippen molar-refractivity contribution in [3.05, 3.63) is 55.7 Å². The Morgan fingerprint density at radius 3 is 2.52 bits per heavy atom. The number of fused-ring (bicyclic) bond motifs is 1. The fourth-order valence-electron chi connectivity index (χ4n) is 3.57. The van der Waals surface area contributed by atoms with E-state index in [9.17, 15) is 9.59 Å². The van der Waals surface area contributed by atoms with Crippen LogP contribution in [-0.2, 0) is 20.6 Å². The van der Waals surface area contributed by atoms with Gasteiger partial charge in [0.25, 0.3) is 5.56 Å². The van der Waals surface area contributed by atoms with Crippen molar-refractivity contribution in [3.63, 3.8) is 0 Å². The van der Waals surface area contributed by atoms with E-state index in [1.165, 1.54) is 11.6 Å². The van der Waals surface area contributed by atoms with E-state index in [-0.39, 0.29) is 11.2 Å². The Labute approximate surface area is 160 Å². The third-order valence-electron chi connectivity index (χ3n) is 5.10. The molecule has 0 radical (unpaired) electrons. The van der Waals surface area contributed by atoms with Crippen LogP contribution < -0.4 is 21.5 Å². The van der Waals surface area contributed by atoms with Gasteiger partial charge in [0.2, 0.25) is 5.95 Å². The monoisotopic (exact) mass is 389 g/mol. The molecule has 0 bridgehead atoms. The Morgan fingerprint density at radius 1 is 1.11 bits per heavy atom. The molecule has 0 saturated carbocycles. The average molecular weight is 390 g/mol. The zero-order valence-electron chi connectivity index (χ0n) is 15.4. The van der Waals surface area contributed by atoms with Gasteiger partial charge in [-0.2, -0.15) is 4.98 Å². The van der Waals surface area contributed by atoms with Crippen molar-refractivity contribution in [2.75, 3.05) is 31.1 Å². The van der Waals surface area contributed by atoms with Gasteiger partial charge in [0, 0.05) is 19.1 Å². The largest absolute Gasteiger partial charge is 0.343 e. The summed E-state index contributed by atoms with van der Waals surface area (Å²) in [5.74, 6) is 0.705. The Morgan fingerprint density at radius 2 is 1.81 bits per heavy atom. The van der Waals surface area contributed by atoms with E-state index in [4.69, 9.17) is 16.6 Å². The quantitative estimate of drug-likeness (QED) is 0.656. The molecule has 0 spiro atoms. The molecule has 0 atom stereocenters. The van der Waals surface area contributed by atoms with E-state index in [0.29, 0.717) is 28.7 Å². The van der Waals surface area contributed by atoms with Crippen molar-refractivity contribution in [1.82, 2.24) is 18.7 Å². The van der Waals surface area contributed by atoms with Crippen LogP contribution in [-0.4, -0.2) is 44.9 Å². The van der Waals surface area contributed by atoms with E-state index < -0.39 is 0 Å². The maximum absolute atomic E-state index is 12.9. The van der Waals surface area contributed by atoms with Gasteiger partial charge in [-0.3, -0.25) is 18.5 Å². The van der Waals surface area contributed by atoms with Crippen molar-refractivity contribution >= 4 is 28.7 Å². The van der Waals surface area contributed by atoms with Gasteiger partial charge in [0.15, 0.2) is 11.2 Å². The SMILES string of the molecule is Cn1c(=O)c2c(nc(N3CC[NH2+]CC3)n2Cc2ccccc2Cl)n(C)c1=O. The topological polar surface area (TPSA) is 81.7 Å². The normalized spacial score (nSPS) is 14.9. The number of anilines is 1. The highest BCUT2D eigenvalue weighted by atomic mass is 35.5. The number of imidazole rings is 1. The lowest BCUT2D eigenvalue weighted by Gasteiger charge is -2.26. The second kappa shape index (κ2) is 6.86. The summed E-state index contributed by atoms with van der Waals surface area (Å²) < 4.78 is 4.45. The molecular weight excluding hydrogens is 368 g/mol. The molecule has 0 unspecified atom stereocenters. The van der Waals surface area contributed by atoms with Gasteiger partial charge in [-0.1, -0.05) is 29.8 Å². The summed E-state index contributed by atoms with van der Waals surface area (Å²) in [7, 11) is 3.14. The van der Waals surface area contributed by atoms with Gasteiger partial charge in [-0.05, 0) is 11.6 Å². The minimum atomic E-state index is -0.381. The third kappa shape index (κ3) is 2.94. The Kier molecular flexibility index (Phi) is 4.53. The number of nitrogens with zero attached hydrogens (tertiary/aromatic N) is 5. The molecule has 1 aliphatic heterocycles. The van der Waals surface area contributed by atoms with E-state index >= 15 is 0 Å². The highest BCUT2D eigenvalue weighted by molar-refractivity contribution is 6.31. The first-order chi connectivity index (χ1) is 13.0. The summed E-state index contributed by atoms with van der Waals surface area (Å²) in [4.78, 5) is 32.1. The summed E-state index contributed by atoms with van der Waals surface area (Å²) >= 11 is 6.37. The van der Waals surface area contributed by atoms with Gasteiger partial charge in [-0.25, -0.2) is 4.79 Å². The molecule has 142 valence electrons. The van der Waals surface area contributed by atoms with Crippen LogP contribution in [0.3, 0.4) is 0 Å². The van der Waals surface area contributed by atoms with E-state index in [2.05, 4.69) is 10.2 Å². The lowest BCUT2D eigenvalue weighted by Crippen LogP contribution is -2.89. The molecule has 1 saturated heterocycles. The third-order valence-corrected chi connectivity index (χ3v) is 5.47. The molecule has 1 aromatic carbocycles. The van der Waals surface area contributed by atoms with Crippen molar-refractivity contribution in [2.45, 2.75) is 6.54 Å². The molecule has 8 nitrogen and oxygen atoms in total. The van der Waals surface area contributed by atoms with Crippen molar-refractivity contribution < 1.29 is 5.32 Å². The maximum atomic E-state index is 12.9. The van der Waals surface area contributed by atoms with Crippen molar-refractivity contribution in [1.29, 1.82) is 0 Å². The molecule has 4 rings (SSSR count). The van der Waals surface area contributed by atoms with Crippen LogP contribution in [0.4, 0.5) is 5.95 Å². The second-order valence-electron chi connectivity index (χ2n) is 6.82. The van der Waals surface area contributed by atoms with Crippen LogP contribution in [0.1, 0.15) is 5.56 Å². The van der Waals surface area contributed by atoms with Crippen LogP contribution in [0.2, 0.25) is 5.02 Å². The first-order valence-corrected chi connectivity index (χ1v) is 9.33. The predicted octanol–water partition coefficient (Wildman–Crippen LogP) is -0.481. The number of rotatable bonds is 3. The second-order valence-corrected chi connectivity index (χ2v) is 7.23. The fourth-order valence-corrected chi connectivity index (χ4v) is 3.77. The first kappa shape index (κ1) is 17.8. The zero-order chi connectivity index (χ0) is 19.1. The smallest absolute Gasteiger partial charge is 0.332 e. The lowest BCUT2D eigenvalue weighted by molar-refractivity contribution is -0.655. The predicted molar refractivity (Wildman–Crippen MR) is 105 cm³/mol. The van der Waals surface area contributed by atoms with Crippen LogP contribution in [0.15, 0.2) is 33.9 Å². The average Bonchev–Trinajstić information content (AvgIpc) is 3.06. The molecule has 0 aliphatic carbocycles. The summed E-state index contributed by atoms with van der Waals surface area (Å²) in [5, 5.41) is 2.89. The Hall–Kier alpha value is -2.58. The number of aryl methyl sites for hydroxylation is 1. The maximum Gasteiger partial charge on any atom is 0.332 e. The molecule has 0 amide bonds. The molecular formula is C18H22ClN6O2+. The summed E-state index contributed by atoms with van der Waals surface area (Å²) in [6, 6.07) is 7.57. The number of hydrogen-bond donors (Lipinski definition) is 1. The number of aromatic nitrogens is 4. The van der Waals surface area contributed by atoms with Crippen LogP contribution >= 0.6 is 11.6 Å². The number of piperazine rings is 1. The highest BCUT2D eigenvalue weighted by Crippen LogP contribution is 2.24. The zero-order valence-corrected chi connectivity index (χ0v) is 16.1. The number of hydrogen-bond acceptors (Lipinski definition) is 4. The standard InChI is InChI=1S/C18H21ClN6O2/c1-22-15-14(16(26)23(2)18(22)27)25(11-12-5-3-4-6-13(12)19)17(21-15)24-9-7-20-8-10-24/h3-6,20H,7-11H2,1-2H3/p+1. The Balaban J connectivity index is 1.99. The molecule has 1 fully saturated rings. The van der Waals surface area contributed by atoms with Crippen molar-refractivity contribution in [3.8, 4) is 0 Å². The molecule has 2 N–H and O–H groups in total. The molecule has 27 heavy (non-hydrogen) atoms. The van der Waals surface area contributed by atoms with Crippen LogP contribution in [0.5, 0.6) is 0 Å². The van der Waals surface area contributed by atoms with Gasteiger partial charge in [-0.15, -0.1) is 0 Å². The van der Waals surface area contributed by atoms with Crippen LogP contribution in [0.25, 0.3) is 11.2 Å². The number of benzene rings is 1.